The number of guanidine groups is 1. The number of aliphatic imine (C=N–C) groups is 1. The largest absolute Gasteiger partial charge is 0.357 e. The molecule has 4 rings (SSSR count). The van der Waals surface area contributed by atoms with Crippen molar-refractivity contribution in [2.75, 3.05) is 63.8 Å². The minimum Gasteiger partial charge on any atom is -0.357 e. The third-order valence-electron chi connectivity index (χ3n) is 6.37. The molecule has 7 nitrogen and oxygen atoms in total. The predicted molar refractivity (Wildman–Crippen MR) is 109 cm³/mol. The second kappa shape index (κ2) is 8.42. The van der Waals surface area contributed by atoms with Crippen LogP contribution in [0.15, 0.2) is 23.5 Å². The summed E-state index contributed by atoms with van der Waals surface area (Å²) in [7, 11) is 0. The molecule has 3 fully saturated rings. The fourth-order valence-electron chi connectivity index (χ4n) is 4.55. The Morgan fingerprint density at radius 2 is 1.89 bits per heavy atom. The summed E-state index contributed by atoms with van der Waals surface area (Å²) in [4.78, 5) is 20.9. The molecule has 27 heavy (non-hydrogen) atoms. The van der Waals surface area contributed by atoms with E-state index in [1.807, 2.05) is 18.5 Å². The Balaban J connectivity index is 1.24. The number of rotatable bonds is 5. The molecule has 3 aliphatic rings. The Bertz CT molecular complexity index is 620. The third-order valence-corrected chi connectivity index (χ3v) is 6.37. The summed E-state index contributed by atoms with van der Waals surface area (Å²) < 4.78 is 0. The first kappa shape index (κ1) is 18.5. The minimum absolute atomic E-state index is 0.617. The van der Waals surface area contributed by atoms with Crippen molar-refractivity contribution in [1.82, 2.24) is 25.1 Å². The zero-order valence-corrected chi connectivity index (χ0v) is 16.6. The van der Waals surface area contributed by atoms with Crippen molar-refractivity contribution in [1.29, 1.82) is 0 Å². The molecule has 1 aliphatic carbocycles. The highest BCUT2D eigenvalue weighted by atomic mass is 15.3. The third kappa shape index (κ3) is 4.34. The van der Waals surface area contributed by atoms with E-state index in [0.717, 1.165) is 57.7 Å². The zero-order chi connectivity index (χ0) is 18.5. The summed E-state index contributed by atoms with van der Waals surface area (Å²) in [6.45, 7) is 11.5. The molecule has 1 saturated carbocycles. The molecule has 2 aliphatic heterocycles. The summed E-state index contributed by atoms with van der Waals surface area (Å²) in [5.74, 6) is 1.97. The smallest absolute Gasteiger partial charge is 0.225 e. The first-order chi connectivity index (χ1) is 13.3. The van der Waals surface area contributed by atoms with Crippen LogP contribution >= 0.6 is 0 Å². The molecule has 0 radical (unpaired) electrons. The Labute approximate surface area is 162 Å². The quantitative estimate of drug-likeness (QED) is 0.624. The number of nitrogens with zero attached hydrogens (tertiary/aromatic N) is 6. The molecule has 0 amide bonds. The van der Waals surface area contributed by atoms with Crippen LogP contribution in [0.1, 0.15) is 32.6 Å². The van der Waals surface area contributed by atoms with Crippen molar-refractivity contribution in [2.45, 2.75) is 32.6 Å². The van der Waals surface area contributed by atoms with Gasteiger partial charge in [0.25, 0.3) is 0 Å². The lowest BCUT2D eigenvalue weighted by Crippen LogP contribution is -2.48. The van der Waals surface area contributed by atoms with Crippen LogP contribution in [0.5, 0.6) is 0 Å². The summed E-state index contributed by atoms with van der Waals surface area (Å²) >= 11 is 0. The highest BCUT2D eigenvalue weighted by molar-refractivity contribution is 5.80. The average Bonchev–Trinajstić information content (AvgIpc) is 3.15. The number of nitrogens with one attached hydrogen (secondary N) is 1. The molecule has 148 valence electrons. The molecule has 0 atom stereocenters. The van der Waals surface area contributed by atoms with E-state index < -0.39 is 0 Å². The molecule has 1 spiro atoms. The molecule has 2 saturated heterocycles. The highest BCUT2D eigenvalue weighted by Crippen LogP contribution is 2.47. The van der Waals surface area contributed by atoms with Gasteiger partial charge in [0.15, 0.2) is 5.96 Å². The summed E-state index contributed by atoms with van der Waals surface area (Å²) in [6, 6.07) is 1.87. The van der Waals surface area contributed by atoms with Gasteiger partial charge >= 0.3 is 0 Å². The van der Waals surface area contributed by atoms with Gasteiger partial charge in [0.05, 0.1) is 6.54 Å². The van der Waals surface area contributed by atoms with Crippen LogP contribution in [-0.2, 0) is 0 Å². The van der Waals surface area contributed by atoms with Gasteiger partial charge in [-0.15, -0.1) is 0 Å². The first-order valence-electron chi connectivity index (χ1n) is 10.6. The maximum Gasteiger partial charge on any atom is 0.225 e. The number of aromatic nitrogens is 2. The standard InChI is InChI=1S/C20H33N7/c1-2-21-18(27-11-7-20(17-27)5-3-6-20)24-10-12-25-13-15-26(16-14-25)19-22-8-4-9-23-19/h4,8-9H,2-3,5-7,10-17H2,1H3,(H,21,24). The lowest BCUT2D eigenvalue weighted by molar-refractivity contribution is 0.151. The highest BCUT2D eigenvalue weighted by Gasteiger charge is 2.43. The van der Waals surface area contributed by atoms with Crippen molar-refractivity contribution in [3.05, 3.63) is 18.5 Å². The zero-order valence-electron chi connectivity index (χ0n) is 16.6. The molecular weight excluding hydrogens is 338 g/mol. The van der Waals surface area contributed by atoms with Gasteiger partial charge in [0, 0.05) is 64.8 Å². The number of piperazine rings is 1. The van der Waals surface area contributed by atoms with Gasteiger partial charge in [-0.1, -0.05) is 6.42 Å². The molecule has 0 unspecified atom stereocenters. The van der Waals surface area contributed by atoms with Crippen molar-refractivity contribution in [3.8, 4) is 0 Å². The lowest BCUT2D eigenvalue weighted by atomic mass is 9.68. The van der Waals surface area contributed by atoms with E-state index >= 15 is 0 Å². The fraction of sp³-hybridized carbons (Fsp3) is 0.750. The van der Waals surface area contributed by atoms with E-state index in [1.165, 1.54) is 38.8 Å². The average molecular weight is 372 g/mol. The van der Waals surface area contributed by atoms with E-state index in [-0.39, 0.29) is 0 Å². The van der Waals surface area contributed by atoms with Crippen LogP contribution in [0.2, 0.25) is 0 Å². The van der Waals surface area contributed by atoms with Crippen LogP contribution < -0.4 is 10.2 Å². The van der Waals surface area contributed by atoms with E-state index in [9.17, 15) is 0 Å². The van der Waals surface area contributed by atoms with Gasteiger partial charge in [0.2, 0.25) is 5.95 Å². The number of hydrogen-bond donors (Lipinski definition) is 1. The molecule has 0 bridgehead atoms. The normalized spacial score (nSPS) is 22.9. The molecule has 0 aromatic carbocycles. The SMILES string of the molecule is CCNC(=NCCN1CCN(c2ncccn2)CC1)N1CCC2(CCC2)C1. The van der Waals surface area contributed by atoms with Gasteiger partial charge in [-0.3, -0.25) is 9.89 Å². The molecular formula is C20H33N7. The molecule has 1 aromatic rings. The van der Waals surface area contributed by atoms with Gasteiger partial charge in [-0.05, 0) is 37.7 Å². The van der Waals surface area contributed by atoms with Gasteiger partial charge in [-0.25, -0.2) is 9.97 Å². The predicted octanol–water partition coefficient (Wildman–Crippen LogP) is 1.44. The maximum atomic E-state index is 4.94. The molecule has 3 heterocycles. The number of likely N-dealkylation sites (tertiary alicyclic amines) is 1. The fourth-order valence-corrected chi connectivity index (χ4v) is 4.55. The first-order valence-corrected chi connectivity index (χ1v) is 10.6. The van der Waals surface area contributed by atoms with Gasteiger partial charge in [-0.2, -0.15) is 0 Å². The Morgan fingerprint density at radius 1 is 1.11 bits per heavy atom. The van der Waals surface area contributed by atoms with Crippen molar-refractivity contribution in [3.63, 3.8) is 0 Å². The molecule has 1 aromatic heterocycles. The van der Waals surface area contributed by atoms with Crippen LogP contribution in [0.25, 0.3) is 0 Å². The second-order valence-corrected chi connectivity index (χ2v) is 8.14. The Kier molecular flexibility index (Phi) is 5.76. The minimum atomic E-state index is 0.617. The molecule has 7 heteroatoms. The monoisotopic (exact) mass is 371 g/mol. The van der Waals surface area contributed by atoms with E-state index in [4.69, 9.17) is 4.99 Å². The van der Waals surface area contributed by atoms with E-state index in [2.05, 4.69) is 36.9 Å². The van der Waals surface area contributed by atoms with Crippen molar-refractivity contribution >= 4 is 11.9 Å². The van der Waals surface area contributed by atoms with E-state index in [0.29, 0.717) is 5.41 Å². The summed E-state index contributed by atoms with van der Waals surface area (Å²) in [5.41, 5.74) is 0.617. The Hall–Kier alpha value is -1.89. The van der Waals surface area contributed by atoms with Gasteiger partial charge < -0.3 is 15.1 Å². The van der Waals surface area contributed by atoms with Crippen LogP contribution in [-0.4, -0.2) is 84.6 Å². The van der Waals surface area contributed by atoms with Crippen LogP contribution in [0, 0.1) is 5.41 Å². The van der Waals surface area contributed by atoms with Crippen molar-refractivity contribution in [2.24, 2.45) is 10.4 Å². The van der Waals surface area contributed by atoms with Crippen LogP contribution in [0.4, 0.5) is 5.95 Å². The second-order valence-electron chi connectivity index (χ2n) is 8.14. The number of anilines is 1. The topological polar surface area (TPSA) is 59.9 Å². The molecule has 1 N–H and O–H groups in total. The van der Waals surface area contributed by atoms with Crippen molar-refractivity contribution < 1.29 is 0 Å². The maximum absolute atomic E-state index is 4.94. The van der Waals surface area contributed by atoms with Gasteiger partial charge in [0.1, 0.15) is 0 Å². The summed E-state index contributed by atoms with van der Waals surface area (Å²) in [5, 5.41) is 3.51. The number of hydrogen-bond acceptors (Lipinski definition) is 5. The Morgan fingerprint density at radius 3 is 2.52 bits per heavy atom. The summed E-state index contributed by atoms with van der Waals surface area (Å²) in [6.07, 6.45) is 9.23. The lowest BCUT2D eigenvalue weighted by Gasteiger charge is -2.38. The van der Waals surface area contributed by atoms with Crippen LogP contribution in [0.3, 0.4) is 0 Å². The van der Waals surface area contributed by atoms with E-state index in [1.54, 1.807) is 0 Å².